The SMILES string of the molecule is NCCCCn1nnnc1CSC1CCCC1. The molecule has 96 valence electrons. The van der Waals surface area contributed by atoms with Gasteiger partial charge in [-0.3, -0.25) is 0 Å². The number of unbranched alkanes of at least 4 members (excludes halogenated alkanes) is 1. The van der Waals surface area contributed by atoms with Gasteiger partial charge in [-0.25, -0.2) is 4.68 Å². The molecule has 0 atom stereocenters. The molecule has 0 saturated heterocycles. The molecule has 0 bridgehead atoms. The molecule has 2 N–H and O–H groups in total. The van der Waals surface area contributed by atoms with Crippen molar-refractivity contribution >= 4 is 11.8 Å². The molecule has 1 aliphatic carbocycles. The van der Waals surface area contributed by atoms with E-state index in [1.807, 2.05) is 16.4 Å². The fourth-order valence-electron chi connectivity index (χ4n) is 2.15. The van der Waals surface area contributed by atoms with Crippen LogP contribution in [0.5, 0.6) is 0 Å². The zero-order valence-corrected chi connectivity index (χ0v) is 11.0. The van der Waals surface area contributed by atoms with Gasteiger partial charge in [-0.2, -0.15) is 11.8 Å². The number of hydrogen-bond donors (Lipinski definition) is 1. The fourth-order valence-corrected chi connectivity index (χ4v) is 3.41. The first-order valence-electron chi connectivity index (χ1n) is 6.47. The van der Waals surface area contributed by atoms with Crippen LogP contribution in [0.15, 0.2) is 0 Å². The van der Waals surface area contributed by atoms with Gasteiger partial charge < -0.3 is 5.73 Å². The van der Waals surface area contributed by atoms with Crippen molar-refractivity contribution in [3.8, 4) is 0 Å². The quantitative estimate of drug-likeness (QED) is 0.749. The van der Waals surface area contributed by atoms with Crippen LogP contribution in [-0.2, 0) is 12.3 Å². The summed E-state index contributed by atoms with van der Waals surface area (Å²) in [6.07, 6.45) is 7.59. The number of aromatic nitrogens is 4. The van der Waals surface area contributed by atoms with Crippen LogP contribution in [0.25, 0.3) is 0 Å². The van der Waals surface area contributed by atoms with Crippen LogP contribution >= 0.6 is 11.8 Å². The third-order valence-corrected chi connectivity index (χ3v) is 4.55. The van der Waals surface area contributed by atoms with Gasteiger partial charge in [0.2, 0.25) is 0 Å². The number of rotatable bonds is 7. The molecule has 6 heteroatoms. The van der Waals surface area contributed by atoms with Crippen LogP contribution in [0.1, 0.15) is 44.3 Å². The molecule has 17 heavy (non-hydrogen) atoms. The van der Waals surface area contributed by atoms with Crippen LogP contribution in [-0.4, -0.2) is 32.0 Å². The Labute approximate surface area is 107 Å². The molecule has 1 fully saturated rings. The molecule has 1 aliphatic rings. The summed E-state index contributed by atoms with van der Waals surface area (Å²) >= 11 is 2.01. The predicted molar refractivity (Wildman–Crippen MR) is 69.7 cm³/mol. The maximum absolute atomic E-state index is 5.48. The highest BCUT2D eigenvalue weighted by molar-refractivity contribution is 7.99. The molecule has 0 spiro atoms. The van der Waals surface area contributed by atoms with Gasteiger partial charge in [0.25, 0.3) is 0 Å². The summed E-state index contributed by atoms with van der Waals surface area (Å²) in [4.78, 5) is 0. The number of aryl methyl sites for hydroxylation is 1. The van der Waals surface area contributed by atoms with E-state index in [1.54, 1.807) is 0 Å². The molecule has 5 nitrogen and oxygen atoms in total. The Bertz CT molecular complexity index is 321. The number of nitrogens with zero attached hydrogens (tertiary/aromatic N) is 4. The van der Waals surface area contributed by atoms with Gasteiger partial charge in [-0.1, -0.05) is 12.8 Å². The minimum Gasteiger partial charge on any atom is -0.330 e. The predicted octanol–water partition coefficient (Wildman–Crippen LogP) is 1.59. The lowest BCUT2D eigenvalue weighted by Gasteiger charge is -2.08. The molecule has 0 aliphatic heterocycles. The van der Waals surface area contributed by atoms with E-state index >= 15 is 0 Å². The first kappa shape index (κ1) is 12.8. The number of thioether (sulfide) groups is 1. The Morgan fingerprint density at radius 3 is 2.88 bits per heavy atom. The summed E-state index contributed by atoms with van der Waals surface area (Å²) in [6, 6.07) is 0. The molecule has 1 saturated carbocycles. The topological polar surface area (TPSA) is 69.6 Å². The second-order valence-electron chi connectivity index (χ2n) is 4.53. The van der Waals surface area contributed by atoms with Crippen molar-refractivity contribution in [1.82, 2.24) is 20.2 Å². The van der Waals surface area contributed by atoms with E-state index in [9.17, 15) is 0 Å². The van der Waals surface area contributed by atoms with E-state index < -0.39 is 0 Å². The minimum atomic E-state index is 0.744. The molecule has 1 heterocycles. The zero-order chi connectivity index (χ0) is 11.9. The van der Waals surface area contributed by atoms with Gasteiger partial charge in [-0.05, 0) is 42.7 Å². The van der Waals surface area contributed by atoms with Crippen molar-refractivity contribution in [1.29, 1.82) is 0 Å². The van der Waals surface area contributed by atoms with E-state index in [-0.39, 0.29) is 0 Å². The molecule has 0 aromatic carbocycles. The van der Waals surface area contributed by atoms with E-state index in [4.69, 9.17) is 5.73 Å². The van der Waals surface area contributed by atoms with E-state index in [1.165, 1.54) is 25.7 Å². The van der Waals surface area contributed by atoms with Crippen LogP contribution in [0.4, 0.5) is 0 Å². The largest absolute Gasteiger partial charge is 0.330 e. The van der Waals surface area contributed by atoms with Crippen molar-refractivity contribution in [3.05, 3.63) is 5.82 Å². The third kappa shape index (κ3) is 3.96. The van der Waals surface area contributed by atoms with E-state index in [0.717, 1.165) is 42.8 Å². The van der Waals surface area contributed by atoms with E-state index in [0.29, 0.717) is 0 Å². The summed E-state index contributed by atoms with van der Waals surface area (Å²) in [5.41, 5.74) is 5.48. The Balaban J connectivity index is 1.76. The van der Waals surface area contributed by atoms with Crippen molar-refractivity contribution in [2.75, 3.05) is 6.54 Å². The molecule has 0 radical (unpaired) electrons. The Hall–Kier alpha value is -0.620. The van der Waals surface area contributed by atoms with Gasteiger partial charge >= 0.3 is 0 Å². The molecular formula is C11H21N5S. The highest BCUT2D eigenvalue weighted by atomic mass is 32.2. The van der Waals surface area contributed by atoms with Crippen molar-refractivity contribution < 1.29 is 0 Å². The first-order valence-corrected chi connectivity index (χ1v) is 7.51. The Morgan fingerprint density at radius 1 is 1.29 bits per heavy atom. The molecule has 0 unspecified atom stereocenters. The lowest BCUT2D eigenvalue weighted by molar-refractivity contribution is 0.532. The number of nitrogens with two attached hydrogens (primary N) is 1. The normalized spacial score (nSPS) is 16.8. The average Bonchev–Trinajstić information content (AvgIpc) is 2.97. The standard InChI is InChI=1S/C11H21N5S/c12-7-3-4-8-16-11(13-14-15-16)9-17-10-5-1-2-6-10/h10H,1-9,12H2. The Kier molecular flexibility index (Phi) is 5.25. The highest BCUT2D eigenvalue weighted by Gasteiger charge is 2.16. The lowest BCUT2D eigenvalue weighted by Crippen LogP contribution is -2.08. The van der Waals surface area contributed by atoms with Crippen LogP contribution in [0, 0.1) is 0 Å². The summed E-state index contributed by atoms with van der Waals surface area (Å²) in [5, 5.41) is 12.7. The van der Waals surface area contributed by atoms with Crippen LogP contribution in [0.2, 0.25) is 0 Å². The fraction of sp³-hybridized carbons (Fsp3) is 0.909. The van der Waals surface area contributed by atoms with E-state index in [2.05, 4.69) is 15.5 Å². The lowest BCUT2D eigenvalue weighted by atomic mass is 10.3. The molecule has 0 amide bonds. The summed E-state index contributed by atoms with van der Waals surface area (Å²) in [6.45, 7) is 1.64. The van der Waals surface area contributed by atoms with Crippen LogP contribution in [0.3, 0.4) is 0 Å². The average molecular weight is 255 g/mol. The van der Waals surface area contributed by atoms with Gasteiger partial charge in [0.1, 0.15) is 0 Å². The Morgan fingerprint density at radius 2 is 2.12 bits per heavy atom. The van der Waals surface area contributed by atoms with Gasteiger partial charge in [0, 0.05) is 11.8 Å². The first-order chi connectivity index (χ1) is 8.40. The van der Waals surface area contributed by atoms with Crippen LogP contribution < -0.4 is 5.73 Å². The number of tetrazole rings is 1. The molecule has 2 rings (SSSR count). The molecule has 1 aromatic rings. The highest BCUT2D eigenvalue weighted by Crippen LogP contribution is 2.30. The summed E-state index contributed by atoms with van der Waals surface area (Å²) in [5.74, 6) is 1.96. The second-order valence-corrected chi connectivity index (χ2v) is 5.82. The molecular weight excluding hydrogens is 234 g/mol. The smallest absolute Gasteiger partial charge is 0.161 e. The van der Waals surface area contributed by atoms with Gasteiger partial charge in [-0.15, -0.1) is 5.10 Å². The monoisotopic (exact) mass is 255 g/mol. The third-order valence-electron chi connectivity index (χ3n) is 3.18. The zero-order valence-electron chi connectivity index (χ0n) is 10.2. The second kappa shape index (κ2) is 6.96. The molecule has 1 aromatic heterocycles. The van der Waals surface area contributed by atoms with Gasteiger partial charge in [0.15, 0.2) is 5.82 Å². The van der Waals surface area contributed by atoms with Crippen molar-refractivity contribution in [2.45, 2.75) is 56.1 Å². The van der Waals surface area contributed by atoms with Crippen molar-refractivity contribution in [3.63, 3.8) is 0 Å². The summed E-state index contributed by atoms with van der Waals surface area (Å²) in [7, 11) is 0. The maximum atomic E-state index is 5.48. The maximum Gasteiger partial charge on any atom is 0.161 e. The van der Waals surface area contributed by atoms with Crippen molar-refractivity contribution in [2.24, 2.45) is 5.73 Å². The van der Waals surface area contributed by atoms with Gasteiger partial charge in [0.05, 0.1) is 5.75 Å². The summed E-state index contributed by atoms with van der Waals surface area (Å²) < 4.78 is 1.93. The minimum absolute atomic E-state index is 0.744. The number of hydrogen-bond acceptors (Lipinski definition) is 5.